The number of carbonyl (C=O) groups excluding carboxylic acids is 1. The van der Waals surface area contributed by atoms with Crippen molar-refractivity contribution >= 4 is 11.7 Å². The minimum absolute atomic E-state index is 0.111. The molecule has 0 spiro atoms. The minimum atomic E-state index is -2.69. The van der Waals surface area contributed by atoms with E-state index in [2.05, 4.69) is 16.0 Å². The molecule has 176 valence electrons. The van der Waals surface area contributed by atoms with Crippen molar-refractivity contribution in [3.63, 3.8) is 0 Å². The summed E-state index contributed by atoms with van der Waals surface area (Å²) in [6.45, 7) is 4.52. The van der Waals surface area contributed by atoms with Gasteiger partial charge in [0.1, 0.15) is 17.7 Å². The molecule has 2 aliphatic heterocycles. The van der Waals surface area contributed by atoms with Crippen molar-refractivity contribution < 1.29 is 23.0 Å². The molecule has 0 N–H and O–H groups in total. The summed E-state index contributed by atoms with van der Waals surface area (Å²) in [5, 5.41) is 0. The third kappa shape index (κ3) is 4.45. The first-order valence-electron chi connectivity index (χ1n) is 11.4. The van der Waals surface area contributed by atoms with Gasteiger partial charge >= 0.3 is 0 Å². The van der Waals surface area contributed by atoms with Crippen LogP contribution in [0.15, 0.2) is 24.4 Å². The maximum atomic E-state index is 13.2. The molecule has 0 unspecified atom stereocenters. The Morgan fingerprint density at radius 1 is 1.18 bits per heavy atom. The Labute approximate surface area is 191 Å². The van der Waals surface area contributed by atoms with Crippen molar-refractivity contribution in [2.75, 3.05) is 25.1 Å². The fourth-order valence-corrected chi connectivity index (χ4v) is 4.92. The number of carbonyl (C=O) groups is 1. The van der Waals surface area contributed by atoms with Crippen LogP contribution in [0.4, 0.5) is 14.6 Å². The second kappa shape index (κ2) is 8.43. The van der Waals surface area contributed by atoms with E-state index in [4.69, 9.17) is 14.5 Å². The number of hydrogen-bond acceptors (Lipinski definition) is 6. The Bertz CT molecular complexity index is 1030. The van der Waals surface area contributed by atoms with Gasteiger partial charge in [0.05, 0.1) is 25.5 Å². The molecule has 2 aromatic heterocycles. The molecule has 3 aliphatic rings. The highest BCUT2D eigenvalue weighted by molar-refractivity contribution is 5.80. The highest BCUT2D eigenvalue weighted by Gasteiger charge is 2.50. The van der Waals surface area contributed by atoms with Gasteiger partial charge in [-0.15, -0.1) is 0 Å². The molecule has 2 aromatic rings. The number of ether oxygens (including phenoxy) is 2. The third-order valence-electron chi connectivity index (χ3n) is 6.77. The van der Waals surface area contributed by atoms with Gasteiger partial charge in [-0.05, 0) is 30.2 Å². The molecule has 0 aromatic carbocycles. The van der Waals surface area contributed by atoms with Crippen molar-refractivity contribution in [3.8, 4) is 11.6 Å². The number of rotatable bonds is 5. The van der Waals surface area contributed by atoms with Gasteiger partial charge in [-0.2, -0.15) is 0 Å². The molecule has 0 bridgehead atoms. The normalized spacial score (nSPS) is 20.4. The molecule has 1 amide bonds. The van der Waals surface area contributed by atoms with E-state index < -0.39 is 11.8 Å². The smallest absolute Gasteiger partial charge is 0.249 e. The van der Waals surface area contributed by atoms with Crippen molar-refractivity contribution in [1.82, 2.24) is 14.9 Å². The molecule has 0 atom stereocenters. The number of hydrogen-bond donors (Lipinski definition) is 0. The number of nitrogens with zero attached hydrogens (tertiary/aromatic N) is 4. The van der Waals surface area contributed by atoms with Gasteiger partial charge in [0, 0.05) is 57.3 Å². The summed E-state index contributed by atoms with van der Waals surface area (Å²) in [7, 11) is 1.58. The van der Waals surface area contributed by atoms with Crippen molar-refractivity contribution in [2.45, 2.75) is 57.7 Å². The first-order valence-corrected chi connectivity index (χ1v) is 11.4. The third-order valence-corrected chi connectivity index (χ3v) is 6.77. The molecule has 33 heavy (non-hydrogen) atoms. The zero-order valence-electron chi connectivity index (χ0n) is 18.9. The number of fused-ring (bicyclic) bond motifs is 1. The summed E-state index contributed by atoms with van der Waals surface area (Å²) < 4.78 is 37.5. The number of amides is 1. The van der Waals surface area contributed by atoms with Crippen LogP contribution in [0.25, 0.3) is 0 Å². The van der Waals surface area contributed by atoms with Crippen molar-refractivity contribution in [1.29, 1.82) is 0 Å². The van der Waals surface area contributed by atoms with E-state index in [0.717, 1.165) is 54.3 Å². The Morgan fingerprint density at radius 2 is 1.94 bits per heavy atom. The quantitative estimate of drug-likeness (QED) is 0.680. The van der Waals surface area contributed by atoms with Gasteiger partial charge in [0.25, 0.3) is 0 Å². The van der Waals surface area contributed by atoms with Crippen LogP contribution in [0.1, 0.15) is 42.5 Å². The van der Waals surface area contributed by atoms with Crippen LogP contribution in [-0.2, 0) is 17.9 Å². The van der Waals surface area contributed by atoms with Crippen LogP contribution < -0.4 is 14.4 Å². The van der Waals surface area contributed by atoms with Crippen LogP contribution in [0.5, 0.6) is 11.6 Å². The van der Waals surface area contributed by atoms with Gasteiger partial charge in [-0.25, -0.2) is 18.7 Å². The van der Waals surface area contributed by atoms with Crippen molar-refractivity contribution in [3.05, 3.63) is 41.2 Å². The van der Waals surface area contributed by atoms with E-state index in [1.54, 1.807) is 24.3 Å². The Morgan fingerprint density at radius 3 is 2.58 bits per heavy atom. The zero-order chi connectivity index (χ0) is 23.2. The number of halogens is 2. The van der Waals surface area contributed by atoms with Gasteiger partial charge in [0.2, 0.25) is 17.7 Å². The fourth-order valence-electron chi connectivity index (χ4n) is 4.92. The average molecular weight is 459 g/mol. The lowest BCUT2D eigenvalue weighted by Crippen LogP contribution is -2.45. The van der Waals surface area contributed by atoms with E-state index in [1.165, 1.54) is 0 Å². The highest BCUT2D eigenvalue weighted by atomic mass is 19.3. The molecule has 1 aliphatic carbocycles. The number of pyridine rings is 2. The number of alkyl halides is 2. The molecule has 9 heteroatoms. The summed E-state index contributed by atoms with van der Waals surface area (Å²) in [6.07, 6.45) is 2.85. The summed E-state index contributed by atoms with van der Waals surface area (Å²) in [5.74, 6) is -1.20. The highest BCUT2D eigenvalue weighted by Crippen LogP contribution is 2.44. The fraction of sp³-hybridized carbons (Fsp3) is 0.542. The largest absolute Gasteiger partial charge is 0.489 e. The number of anilines is 1. The van der Waals surface area contributed by atoms with Crippen molar-refractivity contribution in [2.24, 2.45) is 5.92 Å². The van der Waals surface area contributed by atoms with E-state index in [1.807, 2.05) is 13.0 Å². The Balaban J connectivity index is 1.19. The first-order chi connectivity index (χ1) is 15.8. The van der Waals surface area contributed by atoms with Gasteiger partial charge < -0.3 is 19.3 Å². The van der Waals surface area contributed by atoms with Gasteiger partial charge in [-0.3, -0.25) is 4.79 Å². The van der Waals surface area contributed by atoms with Gasteiger partial charge in [-0.1, -0.05) is 0 Å². The Kier molecular flexibility index (Phi) is 5.58. The van der Waals surface area contributed by atoms with E-state index in [9.17, 15) is 13.6 Å². The predicted octanol–water partition coefficient (Wildman–Crippen LogP) is 3.73. The van der Waals surface area contributed by atoms with Crippen LogP contribution in [0.3, 0.4) is 0 Å². The molecule has 5 rings (SSSR count). The van der Waals surface area contributed by atoms with E-state index >= 15 is 0 Å². The van der Waals surface area contributed by atoms with Gasteiger partial charge in [0.15, 0.2) is 0 Å². The van der Waals surface area contributed by atoms with Crippen LogP contribution in [-0.4, -0.2) is 53.0 Å². The second-order valence-electron chi connectivity index (χ2n) is 9.23. The van der Waals surface area contributed by atoms with E-state index in [0.29, 0.717) is 19.0 Å². The first kappa shape index (κ1) is 21.9. The lowest BCUT2D eigenvalue weighted by Gasteiger charge is -2.35. The minimum Gasteiger partial charge on any atom is -0.489 e. The van der Waals surface area contributed by atoms with E-state index in [-0.39, 0.29) is 24.9 Å². The topological polar surface area (TPSA) is 67.8 Å². The van der Waals surface area contributed by atoms with Crippen LogP contribution in [0, 0.1) is 12.8 Å². The molecular weight excluding hydrogens is 430 g/mol. The number of aromatic nitrogens is 2. The second-order valence-corrected chi connectivity index (χ2v) is 9.23. The molecule has 4 heterocycles. The number of aryl methyl sites for hydroxylation is 1. The SMILES string of the molecule is COc1ccc(OC2CCN(c3nc4c(cc3C)CN(C(=O)C3CC(F)(F)C3)C4)CC2)cn1. The molecule has 1 saturated carbocycles. The van der Waals surface area contributed by atoms with Crippen LogP contribution in [0.2, 0.25) is 0 Å². The molecule has 0 radical (unpaired) electrons. The molecule has 1 saturated heterocycles. The lowest BCUT2D eigenvalue weighted by atomic mass is 9.80. The number of piperidine rings is 1. The Hall–Kier alpha value is -2.97. The summed E-state index contributed by atoms with van der Waals surface area (Å²) in [5.41, 5.74) is 2.95. The zero-order valence-corrected chi connectivity index (χ0v) is 18.9. The predicted molar refractivity (Wildman–Crippen MR) is 118 cm³/mol. The van der Waals surface area contributed by atoms with Crippen LogP contribution >= 0.6 is 0 Å². The molecule has 2 fully saturated rings. The molecule has 7 nitrogen and oxygen atoms in total. The lowest BCUT2D eigenvalue weighted by molar-refractivity contribution is -0.160. The maximum absolute atomic E-state index is 13.2. The monoisotopic (exact) mass is 458 g/mol. The number of methoxy groups -OCH3 is 1. The standard InChI is InChI=1S/C24H28F2N4O3/c1-15-9-16-13-30(23(31)17-10-24(25,26)11-17)14-20(16)28-22(15)29-7-5-18(6-8-29)33-19-3-4-21(32-2)27-12-19/h3-4,9,12,17-18H,5-8,10-11,13-14H2,1-2H3. The summed E-state index contributed by atoms with van der Waals surface area (Å²) in [4.78, 5) is 25.6. The summed E-state index contributed by atoms with van der Waals surface area (Å²) >= 11 is 0. The molecular formula is C24H28F2N4O3. The summed E-state index contributed by atoms with van der Waals surface area (Å²) in [6, 6.07) is 5.74. The maximum Gasteiger partial charge on any atom is 0.249 e. The average Bonchev–Trinajstić information content (AvgIpc) is 3.20.